The Kier molecular flexibility index (Phi) is 4.82. The molecule has 0 radical (unpaired) electrons. The van der Waals surface area contributed by atoms with Crippen LogP contribution >= 0.6 is 23.4 Å². The fourth-order valence-corrected chi connectivity index (χ4v) is 3.10. The molecule has 1 atom stereocenters. The molecule has 3 aromatic rings. The van der Waals surface area contributed by atoms with Gasteiger partial charge in [-0.2, -0.15) is 0 Å². The Morgan fingerprint density at radius 3 is 2.75 bits per heavy atom. The molecule has 0 aliphatic rings. The second-order valence-electron chi connectivity index (χ2n) is 5.00. The van der Waals surface area contributed by atoms with E-state index >= 15 is 0 Å². The van der Waals surface area contributed by atoms with Crippen molar-refractivity contribution in [3.63, 3.8) is 0 Å². The lowest BCUT2D eigenvalue weighted by Gasteiger charge is -2.08. The van der Waals surface area contributed by atoms with E-state index in [1.165, 1.54) is 17.8 Å². The number of aromatic nitrogens is 2. The van der Waals surface area contributed by atoms with Crippen molar-refractivity contribution in [3.8, 4) is 11.5 Å². The van der Waals surface area contributed by atoms with Crippen LogP contribution in [-0.2, 0) is 0 Å². The molecule has 6 nitrogen and oxygen atoms in total. The maximum absolute atomic E-state index is 10.9. The second-order valence-corrected chi connectivity index (χ2v) is 6.72. The van der Waals surface area contributed by atoms with Crippen molar-refractivity contribution in [1.82, 2.24) is 10.2 Å². The van der Waals surface area contributed by atoms with Gasteiger partial charge in [0.1, 0.15) is 0 Å². The van der Waals surface area contributed by atoms with Gasteiger partial charge in [-0.15, -0.1) is 10.2 Å². The highest BCUT2D eigenvalue weighted by Crippen LogP contribution is 2.36. The number of hydrogen-bond acceptors (Lipinski definition) is 6. The average molecular weight is 362 g/mol. The monoisotopic (exact) mass is 361 g/mol. The molecule has 0 aliphatic carbocycles. The molecule has 0 unspecified atom stereocenters. The number of halogens is 1. The molecule has 0 N–H and O–H groups in total. The predicted octanol–water partition coefficient (Wildman–Crippen LogP) is 5.15. The highest BCUT2D eigenvalue weighted by molar-refractivity contribution is 7.99. The maximum atomic E-state index is 10.9. The van der Waals surface area contributed by atoms with Crippen molar-refractivity contribution >= 4 is 29.1 Å². The minimum atomic E-state index is -0.412. The lowest BCUT2D eigenvalue weighted by atomic mass is 10.1. The summed E-state index contributed by atoms with van der Waals surface area (Å²) in [6, 6.07) is 13.7. The summed E-state index contributed by atoms with van der Waals surface area (Å²) in [5.41, 5.74) is 1.62. The van der Waals surface area contributed by atoms with E-state index in [0.29, 0.717) is 16.1 Å². The van der Waals surface area contributed by atoms with Crippen LogP contribution in [0.5, 0.6) is 0 Å². The molecule has 8 heteroatoms. The van der Waals surface area contributed by atoms with Crippen molar-refractivity contribution in [2.24, 2.45) is 0 Å². The van der Waals surface area contributed by atoms with Crippen LogP contribution in [0.25, 0.3) is 11.5 Å². The molecule has 0 aliphatic heterocycles. The largest absolute Gasteiger partial charge is 0.411 e. The van der Waals surface area contributed by atoms with Gasteiger partial charge in [0, 0.05) is 28.0 Å². The van der Waals surface area contributed by atoms with Crippen molar-refractivity contribution < 1.29 is 9.34 Å². The number of benzene rings is 2. The Morgan fingerprint density at radius 2 is 2.00 bits per heavy atom. The highest BCUT2D eigenvalue weighted by Gasteiger charge is 2.16. The van der Waals surface area contributed by atoms with E-state index in [4.69, 9.17) is 16.0 Å². The summed E-state index contributed by atoms with van der Waals surface area (Å²) in [7, 11) is 0. The quantitative estimate of drug-likeness (QED) is 0.355. The molecule has 0 bridgehead atoms. The second kappa shape index (κ2) is 7.02. The lowest BCUT2D eigenvalue weighted by molar-refractivity contribution is -0.384. The van der Waals surface area contributed by atoms with E-state index in [1.54, 1.807) is 30.3 Å². The first-order chi connectivity index (χ1) is 11.5. The molecular weight excluding hydrogens is 350 g/mol. The average Bonchev–Trinajstić information content (AvgIpc) is 3.03. The van der Waals surface area contributed by atoms with Crippen LogP contribution in [0.4, 0.5) is 5.69 Å². The normalized spacial score (nSPS) is 12.1. The van der Waals surface area contributed by atoms with Gasteiger partial charge < -0.3 is 4.42 Å². The predicted molar refractivity (Wildman–Crippen MR) is 92.1 cm³/mol. The number of nitro benzene ring substituents is 1. The van der Waals surface area contributed by atoms with E-state index in [1.807, 2.05) is 19.1 Å². The number of hydrogen-bond donors (Lipinski definition) is 0. The summed E-state index contributed by atoms with van der Waals surface area (Å²) in [6.07, 6.45) is 0. The third-order valence-electron chi connectivity index (χ3n) is 3.31. The number of non-ortho nitro benzene ring substituents is 1. The van der Waals surface area contributed by atoms with E-state index in [-0.39, 0.29) is 10.9 Å². The number of rotatable bonds is 5. The van der Waals surface area contributed by atoms with Crippen molar-refractivity contribution in [2.75, 3.05) is 0 Å². The first kappa shape index (κ1) is 16.5. The van der Waals surface area contributed by atoms with Gasteiger partial charge in [-0.3, -0.25) is 10.1 Å². The molecule has 24 heavy (non-hydrogen) atoms. The summed E-state index contributed by atoms with van der Waals surface area (Å²) in [4.78, 5) is 10.5. The molecule has 2 aromatic carbocycles. The highest BCUT2D eigenvalue weighted by atomic mass is 35.5. The van der Waals surface area contributed by atoms with Crippen LogP contribution in [0.3, 0.4) is 0 Å². The lowest BCUT2D eigenvalue weighted by Crippen LogP contribution is -1.92. The molecule has 122 valence electrons. The van der Waals surface area contributed by atoms with Gasteiger partial charge in [0.25, 0.3) is 10.9 Å². The van der Waals surface area contributed by atoms with Crippen LogP contribution in [0.15, 0.2) is 58.2 Å². The fourth-order valence-electron chi connectivity index (χ4n) is 2.11. The topological polar surface area (TPSA) is 82.1 Å². The minimum absolute atomic E-state index is 0.0603. The van der Waals surface area contributed by atoms with Gasteiger partial charge in [0.15, 0.2) is 0 Å². The summed E-state index contributed by atoms with van der Waals surface area (Å²) >= 11 is 7.30. The molecule has 0 fully saturated rings. The number of thioether (sulfide) groups is 1. The van der Waals surface area contributed by atoms with Gasteiger partial charge in [-0.25, -0.2) is 0 Å². The van der Waals surface area contributed by atoms with E-state index < -0.39 is 4.92 Å². The Bertz CT molecular complexity index is 884. The third-order valence-corrected chi connectivity index (χ3v) is 4.53. The Hall–Kier alpha value is -2.38. The Balaban J connectivity index is 1.77. The summed E-state index contributed by atoms with van der Waals surface area (Å²) in [6.45, 7) is 1.92. The SMILES string of the molecule is C[C@@H](Sc1nnc(-c2cccc(Cl)c2)o1)c1cccc([N+](=O)[O-])c1. The molecule has 3 rings (SSSR count). The van der Waals surface area contributed by atoms with Crippen LogP contribution in [0.1, 0.15) is 17.7 Å². The van der Waals surface area contributed by atoms with Gasteiger partial charge in [-0.05, 0) is 30.7 Å². The van der Waals surface area contributed by atoms with E-state index in [2.05, 4.69) is 10.2 Å². The van der Waals surface area contributed by atoms with Gasteiger partial charge in [-0.1, -0.05) is 41.6 Å². The molecule has 1 aromatic heterocycles. The van der Waals surface area contributed by atoms with Gasteiger partial charge in [0.2, 0.25) is 5.89 Å². The molecule has 0 amide bonds. The zero-order chi connectivity index (χ0) is 17.1. The zero-order valence-corrected chi connectivity index (χ0v) is 14.1. The Morgan fingerprint density at radius 1 is 1.21 bits per heavy atom. The van der Waals surface area contributed by atoms with Crippen LogP contribution in [0.2, 0.25) is 5.02 Å². The summed E-state index contributed by atoms with van der Waals surface area (Å²) in [5.74, 6) is 0.381. The molecule has 0 saturated carbocycles. The van der Waals surface area contributed by atoms with Crippen molar-refractivity contribution in [3.05, 3.63) is 69.2 Å². The van der Waals surface area contributed by atoms with Crippen LogP contribution < -0.4 is 0 Å². The first-order valence-electron chi connectivity index (χ1n) is 7.03. The zero-order valence-electron chi connectivity index (χ0n) is 12.5. The fraction of sp³-hybridized carbons (Fsp3) is 0.125. The molecular formula is C16H12ClN3O3S. The van der Waals surface area contributed by atoms with Crippen molar-refractivity contribution in [2.45, 2.75) is 17.4 Å². The van der Waals surface area contributed by atoms with Crippen LogP contribution in [0, 0.1) is 10.1 Å². The Labute approximate surface area is 147 Å². The van der Waals surface area contributed by atoms with Crippen LogP contribution in [-0.4, -0.2) is 15.1 Å². The van der Waals surface area contributed by atoms with E-state index in [0.717, 1.165) is 11.1 Å². The molecule has 0 spiro atoms. The van der Waals surface area contributed by atoms with Gasteiger partial charge in [0.05, 0.1) is 4.92 Å². The van der Waals surface area contributed by atoms with Gasteiger partial charge >= 0.3 is 0 Å². The maximum Gasteiger partial charge on any atom is 0.277 e. The number of nitrogens with zero attached hydrogens (tertiary/aromatic N) is 3. The smallest absolute Gasteiger partial charge is 0.277 e. The van der Waals surface area contributed by atoms with E-state index in [9.17, 15) is 10.1 Å². The minimum Gasteiger partial charge on any atom is -0.411 e. The molecule has 1 heterocycles. The third kappa shape index (κ3) is 3.74. The first-order valence-corrected chi connectivity index (χ1v) is 8.29. The summed E-state index contributed by atoms with van der Waals surface area (Å²) in [5, 5.41) is 19.8. The van der Waals surface area contributed by atoms with Crippen molar-refractivity contribution in [1.29, 1.82) is 0 Å². The molecule has 0 saturated heterocycles. The standard InChI is InChI=1S/C16H12ClN3O3S/c1-10(11-4-3-7-14(9-11)20(21)22)24-16-19-18-15(23-16)12-5-2-6-13(17)8-12/h2-10H,1H3/t10-/m1/s1. The number of nitro groups is 1. The summed E-state index contributed by atoms with van der Waals surface area (Å²) < 4.78 is 5.64.